The Balaban J connectivity index is 0.000000412. The first-order valence-electron chi connectivity index (χ1n) is 7.50. The topological polar surface area (TPSA) is 62.8 Å². The molecule has 1 aromatic heterocycles. The predicted molar refractivity (Wildman–Crippen MR) is 97.6 cm³/mol. The molecule has 118 valence electrons. The highest BCUT2D eigenvalue weighted by molar-refractivity contribution is 6.09. The third kappa shape index (κ3) is 7.39. The lowest BCUT2D eigenvalue weighted by molar-refractivity contribution is 1.20. The maximum absolute atomic E-state index is 7.67. The summed E-state index contributed by atoms with van der Waals surface area (Å²) < 4.78 is 0. The Morgan fingerprint density at radius 1 is 1.14 bits per heavy atom. The maximum atomic E-state index is 7.67. The molecular formula is C19H27N3. The number of nitrogen functional groups attached to an aromatic ring is 1. The van der Waals surface area contributed by atoms with E-state index >= 15 is 0 Å². The minimum atomic E-state index is 0.458. The standard InChI is InChI=1S/C11H14N2.C6H7N.C2H6/c1-3-4-10(12)9-6-5-8(2)7-11(9)13;1-6-4-2-3-5-7-6;1-2/h3-7,12H,13H2,1-2H3;2-5H,1H3;1-2H3/b4-3+,12-10?;;. The summed E-state index contributed by atoms with van der Waals surface area (Å²) in [5.74, 6) is 0. The van der Waals surface area contributed by atoms with Gasteiger partial charge in [-0.05, 0) is 50.6 Å². The van der Waals surface area contributed by atoms with Gasteiger partial charge in [-0.1, -0.05) is 38.1 Å². The average molecular weight is 297 g/mol. The zero-order valence-corrected chi connectivity index (χ0v) is 14.2. The van der Waals surface area contributed by atoms with Gasteiger partial charge in [0.05, 0.1) is 5.71 Å². The van der Waals surface area contributed by atoms with Gasteiger partial charge >= 0.3 is 0 Å². The van der Waals surface area contributed by atoms with E-state index in [1.807, 2.05) is 77.1 Å². The van der Waals surface area contributed by atoms with Gasteiger partial charge in [-0.25, -0.2) is 0 Å². The van der Waals surface area contributed by atoms with Crippen molar-refractivity contribution in [3.8, 4) is 0 Å². The van der Waals surface area contributed by atoms with E-state index in [1.54, 1.807) is 12.3 Å². The van der Waals surface area contributed by atoms with Crippen LogP contribution in [0.1, 0.15) is 37.6 Å². The molecule has 3 heteroatoms. The molecule has 0 saturated carbocycles. The second-order valence-electron chi connectivity index (χ2n) is 4.48. The van der Waals surface area contributed by atoms with E-state index in [0.29, 0.717) is 11.4 Å². The van der Waals surface area contributed by atoms with Crippen LogP contribution < -0.4 is 5.73 Å². The zero-order valence-electron chi connectivity index (χ0n) is 14.2. The quantitative estimate of drug-likeness (QED) is 0.609. The molecule has 0 amide bonds. The number of nitrogens with two attached hydrogens (primary N) is 1. The van der Waals surface area contributed by atoms with Crippen molar-refractivity contribution >= 4 is 11.4 Å². The van der Waals surface area contributed by atoms with E-state index < -0.39 is 0 Å². The van der Waals surface area contributed by atoms with E-state index in [4.69, 9.17) is 11.1 Å². The Labute approximate surface area is 134 Å². The third-order valence-corrected chi connectivity index (χ3v) is 2.64. The molecule has 0 aliphatic carbocycles. The maximum Gasteiger partial charge on any atom is 0.0629 e. The Hall–Kier alpha value is -2.42. The largest absolute Gasteiger partial charge is 0.398 e. The lowest BCUT2D eigenvalue weighted by atomic mass is 10.1. The monoisotopic (exact) mass is 297 g/mol. The first kappa shape index (κ1) is 19.6. The summed E-state index contributed by atoms with van der Waals surface area (Å²) in [7, 11) is 0. The molecule has 0 radical (unpaired) electrons. The zero-order chi connectivity index (χ0) is 17.0. The van der Waals surface area contributed by atoms with Crippen LogP contribution >= 0.6 is 0 Å². The number of hydrogen-bond donors (Lipinski definition) is 2. The molecule has 3 N–H and O–H groups in total. The fraction of sp³-hybridized carbons (Fsp3) is 0.263. The number of aryl methyl sites for hydroxylation is 2. The minimum absolute atomic E-state index is 0.458. The molecule has 0 spiro atoms. The number of aromatic nitrogens is 1. The van der Waals surface area contributed by atoms with Crippen LogP contribution in [-0.2, 0) is 0 Å². The van der Waals surface area contributed by atoms with Gasteiger partial charge in [0.1, 0.15) is 0 Å². The molecule has 0 bridgehead atoms. The van der Waals surface area contributed by atoms with Crippen molar-refractivity contribution in [2.24, 2.45) is 0 Å². The van der Waals surface area contributed by atoms with Crippen LogP contribution in [0.15, 0.2) is 54.7 Å². The van der Waals surface area contributed by atoms with Gasteiger partial charge in [-0.2, -0.15) is 0 Å². The lowest BCUT2D eigenvalue weighted by Crippen LogP contribution is -2.00. The second-order valence-corrected chi connectivity index (χ2v) is 4.48. The lowest BCUT2D eigenvalue weighted by Gasteiger charge is -2.04. The number of nitrogens with zero attached hydrogens (tertiary/aromatic N) is 1. The van der Waals surface area contributed by atoms with Crippen molar-refractivity contribution < 1.29 is 0 Å². The van der Waals surface area contributed by atoms with Crippen LogP contribution in [0.25, 0.3) is 0 Å². The van der Waals surface area contributed by atoms with Gasteiger partial charge in [0.25, 0.3) is 0 Å². The van der Waals surface area contributed by atoms with Gasteiger partial charge in [-0.3, -0.25) is 4.98 Å². The Bertz CT molecular complexity index is 587. The molecule has 3 nitrogen and oxygen atoms in total. The minimum Gasteiger partial charge on any atom is -0.398 e. The van der Waals surface area contributed by atoms with E-state index in [2.05, 4.69) is 4.98 Å². The highest BCUT2D eigenvalue weighted by Gasteiger charge is 2.01. The fourth-order valence-corrected chi connectivity index (χ4v) is 1.63. The molecule has 0 saturated heterocycles. The molecule has 2 rings (SSSR count). The second kappa shape index (κ2) is 11.3. The van der Waals surface area contributed by atoms with Crippen LogP contribution in [0.4, 0.5) is 5.69 Å². The van der Waals surface area contributed by atoms with Crippen LogP contribution in [0.2, 0.25) is 0 Å². The third-order valence-electron chi connectivity index (χ3n) is 2.64. The highest BCUT2D eigenvalue weighted by atomic mass is 14.6. The summed E-state index contributed by atoms with van der Waals surface area (Å²) in [5.41, 5.74) is 9.89. The Morgan fingerprint density at radius 2 is 1.82 bits per heavy atom. The molecule has 2 aromatic rings. The Kier molecular flexibility index (Phi) is 10.0. The van der Waals surface area contributed by atoms with Crippen molar-refractivity contribution in [3.05, 3.63) is 71.6 Å². The molecule has 1 aromatic carbocycles. The first-order valence-corrected chi connectivity index (χ1v) is 7.50. The number of hydrogen-bond acceptors (Lipinski definition) is 3. The Morgan fingerprint density at radius 3 is 2.23 bits per heavy atom. The molecule has 1 heterocycles. The molecule has 22 heavy (non-hydrogen) atoms. The van der Waals surface area contributed by atoms with Crippen LogP contribution in [0.3, 0.4) is 0 Å². The average Bonchev–Trinajstić information content (AvgIpc) is 2.51. The summed E-state index contributed by atoms with van der Waals surface area (Å²) in [6.45, 7) is 9.85. The van der Waals surface area contributed by atoms with Crippen molar-refractivity contribution in [3.63, 3.8) is 0 Å². The number of nitrogens with one attached hydrogen (secondary N) is 1. The molecule has 0 atom stereocenters. The van der Waals surface area contributed by atoms with E-state index in [-0.39, 0.29) is 0 Å². The normalized spacial score (nSPS) is 9.32. The summed E-state index contributed by atoms with van der Waals surface area (Å²) in [5, 5.41) is 7.67. The van der Waals surface area contributed by atoms with Gasteiger partial charge in [-0.15, -0.1) is 0 Å². The van der Waals surface area contributed by atoms with E-state index in [9.17, 15) is 0 Å². The summed E-state index contributed by atoms with van der Waals surface area (Å²) >= 11 is 0. The highest BCUT2D eigenvalue weighted by Crippen LogP contribution is 2.14. The van der Waals surface area contributed by atoms with Gasteiger partial charge in [0.2, 0.25) is 0 Å². The van der Waals surface area contributed by atoms with Crippen molar-refractivity contribution in [2.45, 2.75) is 34.6 Å². The van der Waals surface area contributed by atoms with Gasteiger partial charge in [0, 0.05) is 23.1 Å². The van der Waals surface area contributed by atoms with E-state index in [0.717, 1.165) is 16.8 Å². The molecular weight excluding hydrogens is 270 g/mol. The number of benzene rings is 1. The van der Waals surface area contributed by atoms with Crippen molar-refractivity contribution in [1.82, 2.24) is 4.98 Å². The molecule has 0 aliphatic heterocycles. The summed E-state index contributed by atoms with van der Waals surface area (Å²) in [4.78, 5) is 3.98. The predicted octanol–water partition coefficient (Wildman–Crippen LogP) is 4.94. The summed E-state index contributed by atoms with van der Waals surface area (Å²) in [6, 6.07) is 11.6. The number of pyridine rings is 1. The molecule has 0 fully saturated rings. The molecule has 0 unspecified atom stereocenters. The van der Waals surface area contributed by atoms with E-state index in [1.165, 1.54) is 0 Å². The van der Waals surface area contributed by atoms with Crippen LogP contribution in [0.5, 0.6) is 0 Å². The number of allylic oxidation sites excluding steroid dienone is 2. The van der Waals surface area contributed by atoms with Crippen molar-refractivity contribution in [1.29, 1.82) is 5.41 Å². The van der Waals surface area contributed by atoms with Crippen LogP contribution in [0, 0.1) is 19.3 Å². The number of rotatable bonds is 2. The fourth-order valence-electron chi connectivity index (χ4n) is 1.63. The van der Waals surface area contributed by atoms with Gasteiger partial charge < -0.3 is 11.1 Å². The molecule has 0 aliphatic rings. The summed E-state index contributed by atoms with van der Waals surface area (Å²) in [6.07, 6.45) is 5.36. The van der Waals surface area contributed by atoms with Crippen LogP contribution in [-0.4, -0.2) is 10.7 Å². The first-order chi connectivity index (χ1) is 10.5. The SMILES string of the molecule is C/C=C/C(=N)c1ccc(C)cc1N.CC.Cc1ccccn1. The van der Waals surface area contributed by atoms with Crippen molar-refractivity contribution in [2.75, 3.05) is 5.73 Å². The smallest absolute Gasteiger partial charge is 0.0629 e. The van der Waals surface area contributed by atoms with Gasteiger partial charge in [0.15, 0.2) is 0 Å². The number of anilines is 1.